The van der Waals surface area contributed by atoms with Gasteiger partial charge in [0.15, 0.2) is 5.82 Å². The first kappa shape index (κ1) is 24.4. The third-order valence-electron chi connectivity index (χ3n) is 7.47. The molecule has 2 aromatic carbocycles. The molecule has 0 saturated heterocycles. The standard InChI is InChI=1S/C29H36N6O/c1-3-9-27(28-31-32-33-35(28)25-12-7-8-13-25)34(17-16-22-10-5-4-6-11-22)20-24-19-23-15-14-21(2)18-26(23)30-29(24)36/h4-6,10-11,14-15,18-19,25,27H,3,7-9,12-13,16-17,20H2,1-2H3,(H,30,36)/t27-/m0/s1. The molecule has 1 N–H and O–H groups in total. The van der Waals surface area contributed by atoms with Crippen molar-refractivity contribution in [3.63, 3.8) is 0 Å². The van der Waals surface area contributed by atoms with Crippen LogP contribution in [0.5, 0.6) is 0 Å². The Morgan fingerprint density at radius 1 is 1.11 bits per heavy atom. The fraction of sp³-hybridized carbons (Fsp3) is 0.448. The summed E-state index contributed by atoms with van der Waals surface area (Å²) in [6, 6.07) is 19.2. The van der Waals surface area contributed by atoms with E-state index in [1.807, 2.05) is 25.1 Å². The van der Waals surface area contributed by atoms with E-state index in [9.17, 15) is 4.79 Å². The maximum absolute atomic E-state index is 13.2. The van der Waals surface area contributed by atoms with Gasteiger partial charge in [0.1, 0.15) is 0 Å². The average molecular weight is 485 g/mol. The minimum Gasteiger partial charge on any atom is -0.322 e. The Hall–Kier alpha value is -3.32. The Labute approximate surface area is 212 Å². The molecular weight excluding hydrogens is 448 g/mol. The third-order valence-corrected chi connectivity index (χ3v) is 7.47. The number of nitrogens with one attached hydrogen (secondary N) is 1. The Bertz CT molecular complexity index is 1340. The van der Waals surface area contributed by atoms with E-state index in [-0.39, 0.29) is 11.6 Å². The van der Waals surface area contributed by atoms with E-state index >= 15 is 0 Å². The number of fused-ring (bicyclic) bond motifs is 1. The zero-order valence-electron chi connectivity index (χ0n) is 21.4. The number of H-pyrrole nitrogens is 1. The Morgan fingerprint density at radius 3 is 2.69 bits per heavy atom. The van der Waals surface area contributed by atoms with Gasteiger partial charge in [-0.2, -0.15) is 0 Å². The van der Waals surface area contributed by atoms with Gasteiger partial charge in [0.25, 0.3) is 5.56 Å². The summed E-state index contributed by atoms with van der Waals surface area (Å²) in [4.78, 5) is 18.7. The number of tetrazole rings is 1. The van der Waals surface area contributed by atoms with E-state index in [0.717, 1.165) is 66.5 Å². The van der Waals surface area contributed by atoms with Crippen LogP contribution in [-0.4, -0.2) is 36.6 Å². The van der Waals surface area contributed by atoms with Crippen molar-refractivity contribution >= 4 is 10.9 Å². The maximum Gasteiger partial charge on any atom is 0.252 e. The monoisotopic (exact) mass is 484 g/mol. The van der Waals surface area contributed by atoms with Crippen molar-refractivity contribution in [2.45, 2.75) is 77.4 Å². The Morgan fingerprint density at radius 2 is 1.92 bits per heavy atom. The minimum absolute atomic E-state index is 0.0246. The molecular formula is C29H36N6O. The van der Waals surface area contributed by atoms with Crippen LogP contribution in [0.15, 0.2) is 59.4 Å². The summed E-state index contributed by atoms with van der Waals surface area (Å²) in [6.07, 6.45) is 7.56. The fourth-order valence-corrected chi connectivity index (χ4v) is 5.54. The summed E-state index contributed by atoms with van der Waals surface area (Å²) in [6.45, 7) is 5.61. The Kier molecular flexibility index (Phi) is 7.56. The van der Waals surface area contributed by atoms with Gasteiger partial charge in [0, 0.05) is 24.2 Å². The summed E-state index contributed by atoms with van der Waals surface area (Å²) in [5.41, 5.74) is 4.06. The molecule has 5 rings (SSSR count). The zero-order chi connectivity index (χ0) is 24.9. The van der Waals surface area contributed by atoms with Gasteiger partial charge in [-0.3, -0.25) is 9.69 Å². The highest BCUT2D eigenvalue weighted by Gasteiger charge is 2.30. The van der Waals surface area contributed by atoms with Crippen LogP contribution >= 0.6 is 0 Å². The molecule has 4 aromatic rings. The van der Waals surface area contributed by atoms with Crippen LogP contribution in [0, 0.1) is 6.92 Å². The van der Waals surface area contributed by atoms with E-state index in [2.05, 4.69) is 73.4 Å². The van der Waals surface area contributed by atoms with Crippen LogP contribution in [0.25, 0.3) is 10.9 Å². The zero-order valence-corrected chi connectivity index (χ0v) is 21.4. The van der Waals surface area contributed by atoms with Crippen molar-refractivity contribution in [3.05, 3.63) is 87.5 Å². The summed E-state index contributed by atoms with van der Waals surface area (Å²) < 4.78 is 2.08. The van der Waals surface area contributed by atoms with Gasteiger partial charge in [0.2, 0.25) is 0 Å². The SMILES string of the molecule is CCC[C@@H](c1nnnn1C1CCCC1)N(CCc1ccccc1)Cc1cc2ccc(C)cc2[nH]c1=O. The molecule has 36 heavy (non-hydrogen) atoms. The van der Waals surface area contributed by atoms with Crippen LogP contribution in [0.4, 0.5) is 0 Å². The van der Waals surface area contributed by atoms with Gasteiger partial charge >= 0.3 is 0 Å². The van der Waals surface area contributed by atoms with Crippen molar-refractivity contribution < 1.29 is 0 Å². The molecule has 0 bridgehead atoms. The highest BCUT2D eigenvalue weighted by Crippen LogP contribution is 2.33. The second-order valence-corrected chi connectivity index (χ2v) is 10.1. The number of hydrogen-bond acceptors (Lipinski definition) is 5. The molecule has 1 fully saturated rings. The molecule has 0 amide bonds. The number of aryl methyl sites for hydroxylation is 1. The summed E-state index contributed by atoms with van der Waals surface area (Å²) in [5.74, 6) is 0.935. The van der Waals surface area contributed by atoms with E-state index < -0.39 is 0 Å². The van der Waals surface area contributed by atoms with Gasteiger partial charge in [0.05, 0.1) is 12.1 Å². The Balaban J connectivity index is 1.50. The highest BCUT2D eigenvalue weighted by atomic mass is 16.1. The molecule has 7 nitrogen and oxygen atoms in total. The lowest BCUT2D eigenvalue weighted by Gasteiger charge is -2.31. The molecule has 1 aliphatic rings. The highest BCUT2D eigenvalue weighted by molar-refractivity contribution is 5.79. The lowest BCUT2D eigenvalue weighted by atomic mass is 10.0. The number of rotatable bonds is 10. The summed E-state index contributed by atoms with van der Waals surface area (Å²) in [5, 5.41) is 14.2. The third kappa shape index (κ3) is 5.41. The number of nitrogens with zero attached hydrogens (tertiary/aromatic N) is 5. The predicted molar refractivity (Wildman–Crippen MR) is 143 cm³/mol. The first-order valence-corrected chi connectivity index (χ1v) is 13.3. The second kappa shape index (κ2) is 11.2. The van der Waals surface area contributed by atoms with Crippen molar-refractivity contribution in [1.82, 2.24) is 30.1 Å². The summed E-state index contributed by atoms with van der Waals surface area (Å²) >= 11 is 0. The molecule has 0 aliphatic heterocycles. The fourth-order valence-electron chi connectivity index (χ4n) is 5.54. The molecule has 7 heteroatoms. The molecule has 1 atom stereocenters. The molecule has 0 radical (unpaired) electrons. The maximum atomic E-state index is 13.2. The number of aromatic nitrogens is 5. The van der Waals surface area contributed by atoms with E-state index in [1.165, 1.54) is 18.4 Å². The van der Waals surface area contributed by atoms with E-state index in [0.29, 0.717) is 12.6 Å². The predicted octanol–water partition coefficient (Wildman–Crippen LogP) is 5.52. The average Bonchev–Trinajstić information content (AvgIpc) is 3.58. The van der Waals surface area contributed by atoms with Gasteiger partial charge in [-0.05, 0) is 71.7 Å². The van der Waals surface area contributed by atoms with E-state index in [4.69, 9.17) is 0 Å². The molecule has 188 valence electrons. The lowest BCUT2D eigenvalue weighted by molar-refractivity contribution is 0.163. The van der Waals surface area contributed by atoms with E-state index in [1.54, 1.807) is 0 Å². The smallest absolute Gasteiger partial charge is 0.252 e. The molecule has 0 spiro atoms. The van der Waals surface area contributed by atoms with Crippen LogP contribution in [0.2, 0.25) is 0 Å². The molecule has 1 saturated carbocycles. The van der Waals surface area contributed by atoms with Crippen LogP contribution in [0.1, 0.15) is 80.0 Å². The quantitative estimate of drug-likeness (QED) is 0.320. The molecule has 2 aromatic heterocycles. The van der Waals surface area contributed by atoms with Gasteiger partial charge in [-0.1, -0.05) is 68.7 Å². The molecule has 2 heterocycles. The topological polar surface area (TPSA) is 79.7 Å². The first-order chi connectivity index (χ1) is 17.6. The lowest BCUT2D eigenvalue weighted by Crippen LogP contribution is -2.34. The molecule has 1 aliphatic carbocycles. The number of benzene rings is 2. The van der Waals surface area contributed by atoms with Crippen LogP contribution in [0.3, 0.4) is 0 Å². The molecule has 0 unspecified atom stereocenters. The van der Waals surface area contributed by atoms with Crippen molar-refractivity contribution in [3.8, 4) is 0 Å². The van der Waals surface area contributed by atoms with Gasteiger partial charge in [-0.25, -0.2) is 4.68 Å². The normalized spacial score (nSPS) is 15.2. The van der Waals surface area contributed by atoms with Crippen molar-refractivity contribution in [1.29, 1.82) is 0 Å². The number of aromatic amines is 1. The van der Waals surface area contributed by atoms with Crippen LogP contribution in [-0.2, 0) is 13.0 Å². The first-order valence-electron chi connectivity index (χ1n) is 13.3. The van der Waals surface area contributed by atoms with Crippen molar-refractivity contribution in [2.24, 2.45) is 0 Å². The second-order valence-electron chi connectivity index (χ2n) is 10.1. The number of pyridine rings is 1. The van der Waals surface area contributed by atoms with Gasteiger partial charge < -0.3 is 4.98 Å². The minimum atomic E-state index is -0.0246. The van der Waals surface area contributed by atoms with Gasteiger partial charge in [-0.15, -0.1) is 5.10 Å². The number of hydrogen-bond donors (Lipinski definition) is 1. The largest absolute Gasteiger partial charge is 0.322 e. The summed E-state index contributed by atoms with van der Waals surface area (Å²) in [7, 11) is 0. The van der Waals surface area contributed by atoms with Crippen molar-refractivity contribution in [2.75, 3.05) is 6.54 Å². The van der Waals surface area contributed by atoms with Crippen LogP contribution < -0.4 is 5.56 Å².